The van der Waals surface area contributed by atoms with E-state index in [-0.39, 0.29) is 16.2 Å². The monoisotopic (exact) mass is 413 g/mol. The van der Waals surface area contributed by atoms with Crippen LogP contribution in [0.4, 0.5) is 10.1 Å². The van der Waals surface area contributed by atoms with E-state index < -0.39 is 21.8 Å². The number of anilines is 1. The van der Waals surface area contributed by atoms with Gasteiger partial charge in [0.05, 0.1) is 0 Å². The van der Waals surface area contributed by atoms with Crippen LogP contribution >= 0.6 is 0 Å². The van der Waals surface area contributed by atoms with Gasteiger partial charge in [-0.05, 0) is 79.9 Å². The number of carbonyl (C=O) groups is 1. The summed E-state index contributed by atoms with van der Waals surface area (Å²) < 4.78 is 43.7. The van der Waals surface area contributed by atoms with Crippen molar-refractivity contribution in [2.45, 2.75) is 25.7 Å². The zero-order valence-electron chi connectivity index (χ0n) is 16.2. The molecule has 0 aliphatic carbocycles. The summed E-state index contributed by atoms with van der Waals surface area (Å²) in [6, 6.07) is 14.9. The minimum atomic E-state index is -4.00. The van der Waals surface area contributed by atoms with E-state index in [4.69, 9.17) is 4.18 Å². The maximum atomic E-state index is 13.4. The van der Waals surface area contributed by atoms with Crippen molar-refractivity contribution in [3.63, 3.8) is 0 Å². The smallest absolute Gasteiger partial charge is 0.339 e. The Labute approximate surface area is 169 Å². The number of aryl methyl sites for hydroxylation is 3. The number of rotatable bonds is 5. The molecule has 3 rings (SSSR count). The van der Waals surface area contributed by atoms with Crippen LogP contribution < -0.4 is 9.50 Å². The van der Waals surface area contributed by atoms with Crippen molar-refractivity contribution in [2.24, 2.45) is 0 Å². The summed E-state index contributed by atoms with van der Waals surface area (Å²) in [5, 5.41) is 2.64. The molecule has 0 saturated heterocycles. The van der Waals surface area contributed by atoms with Gasteiger partial charge in [-0.15, -0.1) is 0 Å². The molecule has 1 N–H and O–H groups in total. The van der Waals surface area contributed by atoms with Crippen LogP contribution in [0.5, 0.6) is 5.75 Å². The topological polar surface area (TPSA) is 72.5 Å². The average Bonchev–Trinajstić information content (AvgIpc) is 2.66. The van der Waals surface area contributed by atoms with Gasteiger partial charge < -0.3 is 9.50 Å². The molecule has 0 radical (unpaired) electrons. The standard InChI is InChI=1S/C22H20FNO4S/c1-14-4-5-16(3)21(12-14)29(26,27)28-19-10-7-17(8-11-19)22(25)24-20-13-18(23)9-6-15(20)2/h4-13H,1-3H3,(H,24,25). The highest BCUT2D eigenvalue weighted by molar-refractivity contribution is 7.87. The fourth-order valence-electron chi connectivity index (χ4n) is 2.73. The molecule has 0 spiro atoms. The van der Waals surface area contributed by atoms with Crippen LogP contribution in [0.15, 0.2) is 65.6 Å². The largest absolute Gasteiger partial charge is 0.379 e. The predicted molar refractivity (Wildman–Crippen MR) is 109 cm³/mol. The number of hydrogen-bond acceptors (Lipinski definition) is 4. The number of halogens is 1. The maximum Gasteiger partial charge on any atom is 0.339 e. The fourth-order valence-corrected chi connectivity index (χ4v) is 3.98. The number of benzene rings is 3. The summed E-state index contributed by atoms with van der Waals surface area (Å²) in [7, 11) is -4.00. The molecule has 0 aliphatic rings. The maximum absolute atomic E-state index is 13.4. The Balaban J connectivity index is 1.77. The second kappa shape index (κ2) is 8.05. The molecule has 0 atom stereocenters. The number of hydrogen-bond donors (Lipinski definition) is 1. The highest BCUT2D eigenvalue weighted by Crippen LogP contribution is 2.23. The summed E-state index contributed by atoms with van der Waals surface area (Å²) in [6.45, 7) is 5.24. The van der Waals surface area contributed by atoms with Gasteiger partial charge in [-0.1, -0.05) is 18.2 Å². The van der Waals surface area contributed by atoms with Crippen molar-refractivity contribution < 1.29 is 21.8 Å². The Bertz CT molecular complexity index is 1170. The summed E-state index contributed by atoms with van der Waals surface area (Å²) >= 11 is 0. The predicted octanol–water partition coefficient (Wildman–Crippen LogP) is 4.77. The van der Waals surface area contributed by atoms with Crippen LogP contribution in [-0.4, -0.2) is 14.3 Å². The third-order valence-electron chi connectivity index (χ3n) is 4.38. The first-order valence-corrected chi connectivity index (χ1v) is 10.3. The quantitative estimate of drug-likeness (QED) is 0.612. The molecule has 150 valence electrons. The van der Waals surface area contributed by atoms with E-state index in [0.717, 1.165) is 11.1 Å². The van der Waals surface area contributed by atoms with Crippen molar-refractivity contribution >= 4 is 21.7 Å². The molecule has 5 nitrogen and oxygen atoms in total. The van der Waals surface area contributed by atoms with Crippen molar-refractivity contribution in [3.05, 3.63) is 88.7 Å². The van der Waals surface area contributed by atoms with Gasteiger partial charge in [0, 0.05) is 11.3 Å². The van der Waals surface area contributed by atoms with E-state index in [1.165, 1.54) is 36.4 Å². The lowest BCUT2D eigenvalue weighted by atomic mass is 10.1. The molecule has 3 aromatic carbocycles. The van der Waals surface area contributed by atoms with Crippen LogP contribution in [-0.2, 0) is 10.1 Å². The Morgan fingerprint density at radius 1 is 0.897 bits per heavy atom. The molecular formula is C22H20FNO4S. The van der Waals surface area contributed by atoms with Gasteiger partial charge in [0.2, 0.25) is 0 Å². The molecule has 0 aromatic heterocycles. The molecule has 0 heterocycles. The van der Waals surface area contributed by atoms with Crippen molar-refractivity contribution in [2.75, 3.05) is 5.32 Å². The molecule has 0 bridgehead atoms. The van der Waals surface area contributed by atoms with Gasteiger partial charge in [0.1, 0.15) is 16.5 Å². The lowest BCUT2D eigenvalue weighted by Crippen LogP contribution is -2.14. The van der Waals surface area contributed by atoms with Gasteiger partial charge in [0.25, 0.3) is 5.91 Å². The summed E-state index contributed by atoms with van der Waals surface area (Å²) in [4.78, 5) is 12.5. The Morgan fingerprint density at radius 3 is 2.24 bits per heavy atom. The lowest BCUT2D eigenvalue weighted by Gasteiger charge is -2.11. The van der Waals surface area contributed by atoms with Crippen LogP contribution in [0.25, 0.3) is 0 Å². The van der Waals surface area contributed by atoms with Crippen molar-refractivity contribution in [1.29, 1.82) is 0 Å². The van der Waals surface area contributed by atoms with Gasteiger partial charge in [-0.2, -0.15) is 8.42 Å². The van der Waals surface area contributed by atoms with Crippen molar-refractivity contribution in [3.8, 4) is 5.75 Å². The van der Waals surface area contributed by atoms with Gasteiger partial charge in [-0.25, -0.2) is 4.39 Å². The first-order valence-electron chi connectivity index (χ1n) is 8.85. The van der Waals surface area contributed by atoms with E-state index >= 15 is 0 Å². The minimum Gasteiger partial charge on any atom is -0.379 e. The van der Waals surface area contributed by atoms with E-state index in [2.05, 4.69) is 5.32 Å². The van der Waals surface area contributed by atoms with Crippen LogP contribution in [0.3, 0.4) is 0 Å². The first-order chi connectivity index (χ1) is 13.7. The summed E-state index contributed by atoms with van der Waals surface area (Å²) in [5.41, 5.74) is 2.76. The number of carbonyl (C=O) groups excluding carboxylic acids is 1. The highest BCUT2D eigenvalue weighted by atomic mass is 32.2. The second-order valence-electron chi connectivity index (χ2n) is 6.74. The van der Waals surface area contributed by atoms with E-state index in [1.54, 1.807) is 39.0 Å². The molecular weight excluding hydrogens is 393 g/mol. The van der Waals surface area contributed by atoms with Crippen molar-refractivity contribution in [1.82, 2.24) is 0 Å². The molecule has 0 saturated carbocycles. The van der Waals surface area contributed by atoms with Crippen LogP contribution in [0.1, 0.15) is 27.0 Å². The molecule has 3 aromatic rings. The Hall–Kier alpha value is -3.19. The zero-order chi connectivity index (χ0) is 21.2. The first kappa shape index (κ1) is 20.5. The average molecular weight is 413 g/mol. The molecule has 0 fully saturated rings. The van der Waals surface area contributed by atoms with Gasteiger partial charge in [-0.3, -0.25) is 4.79 Å². The van der Waals surface area contributed by atoms with E-state index in [1.807, 2.05) is 6.07 Å². The molecule has 0 unspecified atom stereocenters. The SMILES string of the molecule is Cc1ccc(C)c(S(=O)(=O)Oc2ccc(C(=O)Nc3cc(F)ccc3C)cc2)c1. The van der Waals surface area contributed by atoms with Gasteiger partial charge in [0.15, 0.2) is 0 Å². The summed E-state index contributed by atoms with van der Waals surface area (Å²) in [6.07, 6.45) is 0. The zero-order valence-corrected chi connectivity index (χ0v) is 17.0. The minimum absolute atomic E-state index is 0.0874. The van der Waals surface area contributed by atoms with Crippen LogP contribution in [0.2, 0.25) is 0 Å². The normalized spacial score (nSPS) is 11.2. The third kappa shape index (κ3) is 4.81. The van der Waals surface area contributed by atoms with E-state index in [9.17, 15) is 17.6 Å². The third-order valence-corrected chi connectivity index (χ3v) is 5.77. The molecule has 0 aliphatic heterocycles. The van der Waals surface area contributed by atoms with Crippen LogP contribution in [0, 0.1) is 26.6 Å². The molecule has 7 heteroatoms. The fraction of sp³-hybridized carbons (Fsp3) is 0.136. The second-order valence-corrected chi connectivity index (χ2v) is 8.26. The lowest BCUT2D eigenvalue weighted by molar-refractivity contribution is 0.102. The Kier molecular flexibility index (Phi) is 5.70. The van der Waals surface area contributed by atoms with E-state index in [0.29, 0.717) is 11.3 Å². The van der Waals surface area contributed by atoms with Gasteiger partial charge >= 0.3 is 10.1 Å². The number of nitrogens with one attached hydrogen (secondary N) is 1. The summed E-state index contributed by atoms with van der Waals surface area (Å²) in [5.74, 6) is -0.807. The Morgan fingerprint density at radius 2 is 1.55 bits per heavy atom. The molecule has 1 amide bonds. The number of amides is 1. The highest BCUT2D eigenvalue weighted by Gasteiger charge is 2.20. The molecule has 29 heavy (non-hydrogen) atoms.